The third-order valence-corrected chi connectivity index (χ3v) is 5.79. The van der Waals surface area contributed by atoms with Crippen LogP contribution in [0.2, 0.25) is 0 Å². The number of halogens is 2. The second-order valence-electron chi connectivity index (χ2n) is 5.43. The minimum atomic E-state index is -3.54. The number of unbranched alkanes of at least 4 members (excludes halogenated alkanes) is 2. The molecule has 136 valence electrons. The molecule has 0 aliphatic rings. The Morgan fingerprint density at radius 3 is 2.00 bits per heavy atom. The van der Waals surface area contributed by atoms with E-state index < -0.39 is 20.8 Å². The molecule has 0 heterocycles. The number of hydrogen-bond acceptors (Lipinski definition) is 3. The van der Waals surface area contributed by atoms with Gasteiger partial charge in [-0.3, -0.25) is 4.79 Å². The van der Waals surface area contributed by atoms with E-state index in [1.54, 1.807) is 0 Å². The summed E-state index contributed by atoms with van der Waals surface area (Å²) >= 11 is 10.9. The lowest BCUT2D eigenvalue weighted by Gasteiger charge is -2.22. The fourth-order valence-electron chi connectivity index (χ4n) is 2.08. The molecule has 0 spiro atoms. The van der Waals surface area contributed by atoms with E-state index in [4.69, 9.17) is 23.2 Å². The van der Waals surface area contributed by atoms with Gasteiger partial charge in [0.2, 0.25) is 10.0 Å². The van der Waals surface area contributed by atoms with E-state index in [0.717, 1.165) is 25.7 Å². The third-order valence-electron chi connectivity index (χ3n) is 3.48. The highest BCUT2D eigenvalue weighted by molar-refractivity contribution is 7.89. The average molecular weight is 395 g/mol. The summed E-state index contributed by atoms with van der Waals surface area (Å²) < 4.78 is 27.1. The third kappa shape index (κ3) is 6.24. The Bertz CT molecular complexity index is 611. The van der Waals surface area contributed by atoms with Crippen LogP contribution in [0.5, 0.6) is 0 Å². The number of nitrogens with zero attached hydrogens (tertiary/aromatic N) is 1. The highest BCUT2D eigenvalue weighted by Crippen LogP contribution is 2.20. The van der Waals surface area contributed by atoms with E-state index in [-0.39, 0.29) is 4.90 Å². The maximum absolute atomic E-state index is 12.8. The first-order chi connectivity index (χ1) is 11.3. The van der Waals surface area contributed by atoms with Crippen molar-refractivity contribution in [3.63, 3.8) is 0 Å². The van der Waals surface area contributed by atoms with Crippen molar-refractivity contribution in [3.05, 3.63) is 24.3 Å². The lowest BCUT2D eigenvalue weighted by molar-refractivity contribution is -0.114. The molecule has 1 aromatic rings. The smallest absolute Gasteiger partial charge is 0.257 e. The quantitative estimate of drug-likeness (QED) is 0.609. The van der Waals surface area contributed by atoms with Crippen LogP contribution in [0, 0.1) is 0 Å². The number of rotatable bonds is 10. The largest absolute Gasteiger partial charge is 0.324 e. The van der Waals surface area contributed by atoms with Crippen molar-refractivity contribution in [2.45, 2.75) is 49.3 Å². The van der Waals surface area contributed by atoms with Crippen molar-refractivity contribution in [3.8, 4) is 0 Å². The first kappa shape index (κ1) is 21.2. The van der Waals surface area contributed by atoms with Gasteiger partial charge in [0.05, 0.1) is 4.90 Å². The van der Waals surface area contributed by atoms with Gasteiger partial charge in [0, 0.05) is 18.8 Å². The summed E-state index contributed by atoms with van der Waals surface area (Å²) in [5, 5.41) is 2.51. The molecule has 0 radical (unpaired) electrons. The van der Waals surface area contributed by atoms with Crippen LogP contribution in [0.3, 0.4) is 0 Å². The molecule has 0 aliphatic carbocycles. The summed E-state index contributed by atoms with van der Waals surface area (Å²) in [7, 11) is -3.54. The Morgan fingerprint density at radius 2 is 1.58 bits per heavy atom. The minimum Gasteiger partial charge on any atom is -0.324 e. The van der Waals surface area contributed by atoms with Gasteiger partial charge in [-0.15, -0.1) is 0 Å². The highest BCUT2D eigenvalue weighted by Gasteiger charge is 2.23. The topological polar surface area (TPSA) is 66.5 Å². The van der Waals surface area contributed by atoms with E-state index in [1.807, 2.05) is 13.8 Å². The lowest BCUT2D eigenvalue weighted by atomic mass is 10.3. The Balaban J connectivity index is 2.92. The van der Waals surface area contributed by atoms with Crippen molar-refractivity contribution in [2.75, 3.05) is 18.4 Å². The molecule has 0 unspecified atom stereocenters. The predicted octanol–water partition coefficient (Wildman–Crippen LogP) is 4.02. The van der Waals surface area contributed by atoms with Crippen LogP contribution in [-0.2, 0) is 14.8 Å². The number of nitrogens with one attached hydrogen (secondary N) is 1. The second-order valence-corrected chi connectivity index (χ2v) is 8.46. The van der Waals surface area contributed by atoms with Gasteiger partial charge < -0.3 is 5.32 Å². The zero-order valence-electron chi connectivity index (χ0n) is 14.0. The molecule has 0 atom stereocenters. The van der Waals surface area contributed by atoms with Crippen molar-refractivity contribution in [2.24, 2.45) is 0 Å². The number of anilines is 1. The summed E-state index contributed by atoms with van der Waals surface area (Å²) in [5.74, 6) is -0.554. The predicted molar refractivity (Wildman–Crippen MR) is 99.1 cm³/mol. The van der Waals surface area contributed by atoms with E-state index in [9.17, 15) is 13.2 Å². The molecule has 1 aromatic carbocycles. The number of carbonyl (C=O) groups is 1. The number of sulfonamides is 1. The summed E-state index contributed by atoms with van der Waals surface area (Å²) in [5.41, 5.74) is 0.443. The van der Waals surface area contributed by atoms with Crippen molar-refractivity contribution >= 4 is 44.8 Å². The van der Waals surface area contributed by atoms with Gasteiger partial charge >= 0.3 is 0 Å². The fraction of sp³-hybridized carbons (Fsp3) is 0.562. The number of carbonyl (C=O) groups excluding carboxylic acids is 1. The Kier molecular flexibility index (Phi) is 9.05. The maximum atomic E-state index is 12.8. The highest BCUT2D eigenvalue weighted by atomic mass is 35.5. The van der Waals surface area contributed by atoms with Crippen LogP contribution in [-0.4, -0.2) is 36.6 Å². The molecule has 1 amide bonds. The average Bonchev–Trinajstić information content (AvgIpc) is 2.55. The molecule has 0 saturated carbocycles. The zero-order chi connectivity index (χ0) is 18.2. The number of alkyl halides is 2. The molecule has 24 heavy (non-hydrogen) atoms. The standard InChI is InChI=1S/C16H24Cl2N2O3S/c1-3-5-11-20(12-6-4-2)24(22,23)14-9-7-13(8-10-14)19-16(21)15(17)18/h7-10,15H,3-6,11-12H2,1-2H3,(H,19,21). The van der Waals surface area contributed by atoms with Crippen LogP contribution >= 0.6 is 23.2 Å². The molecule has 1 N–H and O–H groups in total. The zero-order valence-corrected chi connectivity index (χ0v) is 16.3. The van der Waals surface area contributed by atoms with Crippen molar-refractivity contribution in [1.29, 1.82) is 0 Å². The van der Waals surface area contributed by atoms with Crippen LogP contribution in [0.1, 0.15) is 39.5 Å². The van der Waals surface area contributed by atoms with Crippen LogP contribution in [0.15, 0.2) is 29.2 Å². The fourth-order valence-corrected chi connectivity index (χ4v) is 3.70. The summed E-state index contributed by atoms with van der Waals surface area (Å²) in [4.78, 5) is 10.5. The molecule has 8 heteroatoms. The first-order valence-electron chi connectivity index (χ1n) is 8.02. The normalized spacial score (nSPS) is 11.9. The van der Waals surface area contributed by atoms with Crippen LogP contribution in [0.25, 0.3) is 0 Å². The number of amides is 1. The maximum Gasteiger partial charge on any atom is 0.257 e. The molecule has 0 aromatic heterocycles. The molecule has 0 fully saturated rings. The van der Waals surface area contributed by atoms with Gasteiger partial charge in [-0.05, 0) is 37.1 Å². The van der Waals surface area contributed by atoms with E-state index >= 15 is 0 Å². The van der Waals surface area contributed by atoms with Gasteiger partial charge in [0.1, 0.15) is 0 Å². The van der Waals surface area contributed by atoms with Gasteiger partial charge in [0.15, 0.2) is 4.84 Å². The van der Waals surface area contributed by atoms with Crippen LogP contribution < -0.4 is 5.32 Å². The van der Waals surface area contributed by atoms with Crippen LogP contribution in [0.4, 0.5) is 5.69 Å². The Labute approximate surface area is 154 Å². The van der Waals surface area contributed by atoms with Gasteiger partial charge in [-0.2, -0.15) is 4.31 Å². The van der Waals surface area contributed by atoms with Gasteiger partial charge in [-0.1, -0.05) is 49.9 Å². The van der Waals surface area contributed by atoms with E-state index in [1.165, 1.54) is 28.6 Å². The Hall–Kier alpha value is -0.820. The SMILES string of the molecule is CCCCN(CCCC)S(=O)(=O)c1ccc(NC(=O)C(Cl)Cl)cc1. The molecule has 0 saturated heterocycles. The number of benzene rings is 1. The molecule has 5 nitrogen and oxygen atoms in total. The van der Waals surface area contributed by atoms with Gasteiger partial charge in [-0.25, -0.2) is 8.42 Å². The monoisotopic (exact) mass is 394 g/mol. The molecular weight excluding hydrogens is 371 g/mol. The summed E-state index contributed by atoms with van der Waals surface area (Å²) in [6.45, 7) is 5.08. The molecule has 1 rings (SSSR count). The number of hydrogen-bond donors (Lipinski definition) is 1. The molecular formula is C16H24Cl2N2O3S. The molecule has 0 aliphatic heterocycles. The molecule has 0 bridgehead atoms. The van der Waals surface area contributed by atoms with E-state index in [2.05, 4.69) is 5.32 Å². The van der Waals surface area contributed by atoms with E-state index in [0.29, 0.717) is 18.8 Å². The summed E-state index contributed by atoms with van der Waals surface area (Å²) in [6, 6.07) is 6.01. The second kappa shape index (κ2) is 10.2. The first-order valence-corrected chi connectivity index (χ1v) is 10.3. The van der Waals surface area contributed by atoms with Crippen molar-refractivity contribution in [1.82, 2.24) is 4.31 Å². The Morgan fingerprint density at radius 1 is 1.08 bits per heavy atom. The van der Waals surface area contributed by atoms with Crippen molar-refractivity contribution < 1.29 is 13.2 Å². The van der Waals surface area contributed by atoms with Gasteiger partial charge in [0.25, 0.3) is 5.91 Å². The minimum absolute atomic E-state index is 0.209. The lowest BCUT2D eigenvalue weighted by Crippen LogP contribution is -2.33. The summed E-state index contributed by atoms with van der Waals surface area (Å²) in [6.07, 6.45) is 3.51.